The van der Waals surface area contributed by atoms with Crippen LogP contribution in [0, 0.1) is 12.3 Å². The first-order valence-corrected chi connectivity index (χ1v) is 7.14. The fraction of sp³-hybridized carbons (Fsp3) is 0.529. The van der Waals surface area contributed by atoms with Crippen molar-refractivity contribution in [1.82, 2.24) is 4.90 Å². The molecule has 0 fully saturated rings. The highest BCUT2D eigenvalue weighted by molar-refractivity contribution is 5.14. The zero-order valence-electron chi connectivity index (χ0n) is 12.5. The van der Waals surface area contributed by atoms with Crippen LogP contribution in [0.15, 0.2) is 30.3 Å². The molecule has 0 amide bonds. The molecule has 0 aliphatic rings. The summed E-state index contributed by atoms with van der Waals surface area (Å²) in [5.41, 5.74) is 1.25. The molecule has 0 spiro atoms. The van der Waals surface area contributed by atoms with Crippen LogP contribution < -0.4 is 0 Å². The number of aliphatic hydroxyl groups excluding tert-OH is 1. The Labute approximate surface area is 122 Å². The van der Waals surface area contributed by atoms with Crippen LogP contribution in [0.5, 0.6) is 0 Å². The molecule has 0 aromatic heterocycles. The Balaban J connectivity index is 2.54. The average molecular weight is 275 g/mol. The molecule has 0 radical (unpaired) electrons. The SMILES string of the molecule is C#CCOC[C@@H](O)CN(Cc1ccccc1)[C@@H](C)CC. The maximum absolute atomic E-state index is 10.0. The Morgan fingerprint density at radius 3 is 2.65 bits per heavy atom. The van der Waals surface area contributed by atoms with E-state index >= 15 is 0 Å². The summed E-state index contributed by atoms with van der Waals surface area (Å²) in [4.78, 5) is 2.28. The fourth-order valence-electron chi connectivity index (χ4n) is 2.05. The Kier molecular flexibility index (Phi) is 7.98. The molecule has 20 heavy (non-hydrogen) atoms. The van der Waals surface area contributed by atoms with Gasteiger partial charge >= 0.3 is 0 Å². The summed E-state index contributed by atoms with van der Waals surface area (Å²) >= 11 is 0. The van der Waals surface area contributed by atoms with E-state index in [9.17, 15) is 5.11 Å². The van der Waals surface area contributed by atoms with Crippen molar-refractivity contribution < 1.29 is 9.84 Å². The standard InChI is InChI=1S/C17H25NO2/c1-4-11-20-14-17(19)13-18(15(3)5-2)12-16-9-7-6-8-10-16/h1,6-10,15,17,19H,5,11-14H2,2-3H3/t15-,17-/m0/s1. The quantitative estimate of drug-likeness (QED) is 0.554. The molecule has 1 rings (SSSR count). The highest BCUT2D eigenvalue weighted by atomic mass is 16.5. The first kappa shape index (κ1) is 16.7. The van der Waals surface area contributed by atoms with Crippen LogP contribution in [0.3, 0.4) is 0 Å². The van der Waals surface area contributed by atoms with E-state index in [-0.39, 0.29) is 13.2 Å². The zero-order valence-corrected chi connectivity index (χ0v) is 12.5. The first-order chi connectivity index (χ1) is 9.67. The molecule has 110 valence electrons. The predicted octanol–water partition coefficient (Wildman–Crippen LogP) is 2.30. The van der Waals surface area contributed by atoms with Crippen molar-refractivity contribution in [1.29, 1.82) is 0 Å². The minimum atomic E-state index is -0.513. The summed E-state index contributed by atoms with van der Waals surface area (Å²) in [7, 11) is 0. The highest BCUT2D eigenvalue weighted by Gasteiger charge is 2.17. The van der Waals surface area contributed by atoms with E-state index in [0.29, 0.717) is 12.6 Å². The van der Waals surface area contributed by atoms with Gasteiger partial charge < -0.3 is 9.84 Å². The molecule has 0 aliphatic heterocycles. The van der Waals surface area contributed by atoms with Crippen molar-refractivity contribution in [2.75, 3.05) is 19.8 Å². The summed E-state index contributed by atoms with van der Waals surface area (Å²) in [5, 5.41) is 10.0. The molecule has 1 aromatic carbocycles. The molecule has 2 atom stereocenters. The third-order valence-corrected chi connectivity index (χ3v) is 3.38. The number of hydrogen-bond donors (Lipinski definition) is 1. The second kappa shape index (κ2) is 9.55. The lowest BCUT2D eigenvalue weighted by atomic mass is 10.1. The van der Waals surface area contributed by atoms with Gasteiger partial charge in [-0.1, -0.05) is 43.2 Å². The number of ether oxygens (including phenoxy) is 1. The predicted molar refractivity (Wildman–Crippen MR) is 82.3 cm³/mol. The lowest BCUT2D eigenvalue weighted by Crippen LogP contribution is -2.39. The first-order valence-electron chi connectivity index (χ1n) is 7.14. The normalized spacial score (nSPS) is 13.9. The van der Waals surface area contributed by atoms with Gasteiger partial charge in [0.1, 0.15) is 6.61 Å². The lowest BCUT2D eigenvalue weighted by molar-refractivity contribution is 0.0170. The van der Waals surface area contributed by atoms with Gasteiger partial charge in [-0.15, -0.1) is 6.42 Å². The van der Waals surface area contributed by atoms with Crippen molar-refractivity contribution in [3.05, 3.63) is 35.9 Å². The smallest absolute Gasteiger partial charge is 0.107 e. The number of rotatable bonds is 9. The summed E-state index contributed by atoms with van der Waals surface area (Å²) < 4.78 is 5.20. The molecular weight excluding hydrogens is 250 g/mol. The monoisotopic (exact) mass is 275 g/mol. The van der Waals surface area contributed by atoms with Crippen LogP contribution in [0.4, 0.5) is 0 Å². The van der Waals surface area contributed by atoms with Crippen LogP contribution in [-0.4, -0.2) is 41.9 Å². The van der Waals surface area contributed by atoms with Gasteiger partial charge in [0, 0.05) is 19.1 Å². The van der Waals surface area contributed by atoms with Gasteiger partial charge in [0.15, 0.2) is 0 Å². The minimum Gasteiger partial charge on any atom is -0.389 e. The van der Waals surface area contributed by atoms with Gasteiger partial charge in [0.05, 0.1) is 12.7 Å². The average Bonchev–Trinajstić information content (AvgIpc) is 2.47. The third-order valence-electron chi connectivity index (χ3n) is 3.38. The topological polar surface area (TPSA) is 32.7 Å². The molecule has 0 unspecified atom stereocenters. The van der Waals surface area contributed by atoms with E-state index in [1.54, 1.807) is 0 Å². The molecule has 0 heterocycles. The van der Waals surface area contributed by atoms with Gasteiger partial charge in [-0.3, -0.25) is 4.90 Å². The van der Waals surface area contributed by atoms with E-state index in [2.05, 4.69) is 36.8 Å². The molecule has 0 bridgehead atoms. The molecule has 0 saturated carbocycles. The third kappa shape index (κ3) is 6.21. The summed E-state index contributed by atoms with van der Waals surface area (Å²) in [6, 6.07) is 10.7. The Bertz CT molecular complexity index is 399. The van der Waals surface area contributed by atoms with Crippen LogP contribution in [0.2, 0.25) is 0 Å². The summed E-state index contributed by atoms with van der Waals surface area (Å²) in [5.74, 6) is 2.40. The second-order valence-electron chi connectivity index (χ2n) is 5.05. The molecule has 0 saturated heterocycles. The number of nitrogens with zero attached hydrogens (tertiary/aromatic N) is 1. The van der Waals surface area contributed by atoms with Gasteiger partial charge in [-0.2, -0.15) is 0 Å². The van der Waals surface area contributed by atoms with Crippen LogP contribution in [0.1, 0.15) is 25.8 Å². The van der Waals surface area contributed by atoms with Crippen LogP contribution in [-0.2, 0) is 11.3 Å². The van der Waals surface area contributed by atoms with E-state index in [1.165, 1.54) is 5.56 Å². The van der Waals surface area contributed by atoms with Gasteiger partial charge in [-0.05, 0) is 18.9 Å². The Morgan fingerprint density at radius 1 is 1.35 bits per heavy atom. The molecule has 0 aliphatic carbocycles. The highest BCUT2D eigenvalue weighted by Crippen LogP contribution is 2.11. The van der Waals surface area contributed by atoms with E-state index < -0.39 is 6.10 Å². The number of benzene rings is 1. The molecule has 1 N–H and O–H groups in total. The molecule has 3 nitrogen and oxygen atoms in total. The largest absolute Gasteiger partial charge is 0.389 e. The van der Waals surface area contributed by atoms with Gasteiger partial charge in [-0.25, -0.2) is 0 Å². The number of terminal acetylenes is 1. The van der Waals surface area contributed by atoms with Gasteiger partial charge in [0.2, 0.25) is 0 Å². The molecular formula is C17H25NO2. The van der Waals surface area contributed by atoms with E-state index in [4.69, 9.17) is 11.2 Å². The molecule has 3 heteroatoms. The lowest BCUT2D eigenvalue weighted by Gasteiger charge is -2.30. The Hall–Kier alpha value is -1.34. The van der Waals surface area contributed by atoms with E-state index in [1.807, 2.05) is 18.2 Å². The van der Waals surface area contributed by atoms with Crippen molar-refractivity contribution >= 4 is 0 Å². The number of hydrogen-bond acceptors (Lipinski definition) is 3. The molecule has 1 aromatic rings. The zero-order chi connectivity index (χ0) is 14.8. The van der Waals surface area contributed by atoms with Gasteiger partial charge in [0.25, 0.3) is 0 Å². The van der Waals surface area contributed by atoms with Crippen molar-refractivity contribution in [2.24, 2.45) is 0 Å². The minimum absolute atomic E-state index is 0.249. The maximum atomic E-state index is 10.0. The van der Waals surface area contributed by atoms with Crippen LogP contribution >= 0.6 is 0 Å². The van der Waals surface area contributed by atoms with Crippen molar-refractivity contribution in [3.63, 3.8) is 0 Å². The summed E-state index contributed by atoms with van der Waals surface area (Å²) in [6.07, 6.45) is 5.65. The number of aliphatic hydroxyl groups is 1. The summed E-state index contributed by atoms with van der Waals surface area (Å²) in [6.45, 7) is 6.29. The Morgan fingerprint density at radius 2 is 2.05 bits per heavy atom. The van der Waals surface area contributed by atoms with Crippen molar-refractivity contribution in [2.45, 2.75) is 39.0 Å². The second-order valence-corrected chi connectivity index (χ2v) is 5.05. The fourth-order valence-corrected chi connectivity index (χ4v) is 2.05. The van der Waals surface area contributed by atoms with Crippen LogP contribution in [0.25, 0.3) is 0 Å². The van der Waals surface area contributed by atoms with Crippen molar-refractivity contribution in [3.8, 4) is 12.3 Å². The van der Waals surface area contributed by atoms with E-state index in [0.717, 1.165) is 13.0 Å². The maximum Gasteiger partial charge on any atom is 0.107 e.